The van der Waals surface area contributed by atoms with Gasteiger partial charge in [0, 0.05) is 23.7 Å². The Morgan fingerprint density at radius 1 is 1.29 bits per heavy atom. The Kier molecular flexibility index (Phi) is 4.45. The molecule has 0 aliphatic carbocycles. The first-order valence-electron chi connectivity index (χ1n) is 7.66. The number of rotatable bonds is 2. The predicted molar refractivity (Wildman–Crippen MR) is 81.1 cm³/mol. The average Bonchev–Trinajstić information content (AvgIpc) is 3.01. The number of hydrogen-bond acceptors (Lipinski definition) is 2. The number of halogens is 2. The number of carbonyl (C=O) groups is 1. The molecule has 1 amide bonds. The summed E-state index contributed by atoms with van der Waals surface area (Å²) >= 11 is 5.76. The number of piperidine rings is 1. The van der Waals surface area contributed by atoms with Gasteiger partial charge in [0.15, 0.2) is 0 Å². The second-order valence-corrected chi connectivity index (χ2v) is 6.33. The van der Waals surface area contributed by atoms with E-state index in [9.17, 15) is 9.18 Å². The fraction of sp³-hybridized carbons (Fsp3) is 0.562. The molecule has 0 bridgehead atoms. The highest BCUT2D eigenvalue weighted by Gasteiger charge is 2.35. The molecule has 21 heavy (non-hydrogen) atoms. The molecule has 3 rings (SSSR count). The Labute approximate surface area is 129 Å². The van der Waals surface area contributed by atoms with E-state index in [0.29, 0.717) is 17.6 Å². The molecule has 5 heteroatoms. The summed E-state index contributed by atoms with van der Waals surface area (Å²) in [5.74, 6) is -0.737. The molecule has 1 aromatic rings. The van der Waals surface area contributed by atoms with E-state index in [-0.39, 0.29) is 17.5 Å². The second kappa shape index (κ2) is 6.32. The van der Waals surface area contributed by atoms with Crippen molar-refractivity contribution in [2.24, 2.45) is 0 Å². The van der Waals surface area contributed by atoms with Crippen molar-refractivity contribution in [1.29, 1.82) is 0 Å². The lowest BCUT2D eigenvalue weighted by Gasteiger charge is -2.39. The molecule has 3 nitrogen and oxygen atoms in total. The van der Waals surface area contributed by atoms with Crippen LogP contribution in [0.3, 0.4) is 0 Å². The van der Waals surface area contributed by atoms with E-state index >= 15 is 0 Å². The zero-order valence-corrected chi connectivity index (χ0v) is 12.7. The third kappa shape index (κ3) is 3.06. The number of amides is 1. The van der Waals surface area contributed by atoms with E-state index in [1.807, 2.05) is 4.90 Å². The van der Waals surface area contributed by atoms with Gasteiger partial charge in [-0.25, -0.2) is 4.39 Å². The molecule has 0 aromatic heterocycles. The van der Waals surface area contributed by atoms with Crippen molar-refractivity contribution >= 4 is 17.5 Å². The molecule has 2 atom stereocenters. The Morgan fingerprint density at radius 3 is 2.86 bits per heavy atom. The van der Waals surface area contributed by atoms with E-state index in [0.717, 1.165) is 38.6 Å². The minimum Gasteiger partial charge on any atom is -0.334 e. The van der Waals surface area contributed by atoms with E-state index in [2.05, 4.69) is 5.32 Å². The maximum Gasteiger partial charge on any atom is 0.257 e. The molecule has 0 radical (unpaired) electrons. The van der Waals surface area contributed by atoms with Crippen LogP contribution >= 0.6 is 11.6 Å². The summed E-state index contributed by atoms with van der Waals surface area (Å²) in [6.07, 6.45) is 5.37. The van der Waals surface area contributed by atoms with Crippen molar-refractivity contribution in [1.82, 2.24) is 10.2 Å². The predicted octanol–water partition coefficient (Wildman–Crippen LogP) is 3.23. The highest BCUT2D eigenvalue weighted by molar-refractivity contribution is 6.30. The Hall–Kier alpha value is -1.13. The molecular formula is C16H20ClFN2O. The van der Waals surface area contributed by atoms with Crippen LogP contribution in [0.15, 0.2) is 18.2 Å². The van der Waals surface area contributed by atoms with Crippen LogP contribution in [-0.4, -0.2) is 36.0 Å². The van der Waals surface area contributed by atoms with Gasteiger partial charge in [0.1, 0.15) is 5.82 Å². The van der Waals surface area contributed by atoms with Crippen LogP contribution in [0.25, 0.3) is 0 Å². The largest absolute Gasteiger partial charge is 0.334 e. The topological polar surface area (TPSA) is 32.3 Å². The van der Waals surface area contributed by atoms with Crippen LogP contribution in [0.1, 0.15) is 42.5 Å². The number of nitrogens with one attached hydrogen (secondary N) is 1. The monoisotopic (exact) mass is 310 g/mol. The zero-order valence-electron chi connectivity index (χ0n) is 11.9. The van der Waals surface area contributed by atoms with Gasteiger partial charge in [0.05, 0.1) is 5.56 Å². The van der Waals surface area contributed by atoms with Gasteiger partial charge in [0.2, 0.25) is 0 Å². The summed E-state index contributed by atoms with van der Waals surface area (Å²) in [6.45, 7) is 1.72. The molecular weight excluding hydrogens is 291 g/mol. The molecule has 2 unspecified atom stereocenters. The first-order chi connectivity index (χ1) is 10.2. The summed E-state index contributed by atoms with van der Waals surface area (Å²) in [5.41, 5.74) is 0.129. The van der Waals surface area contributed by atoms with Gasteiger partial charge in [0.25, 0.3) is 5.91 Å². The van der Waals surface area contributed by atoms with Crippen LogP contribution in [0.5, 0.6) is 0 Å². The molecule has 0 spiro atoms. The van der Waals surface area contributed by atoms with Crippen LogP contribution in [0.2, 0.25) is 5.02 Å². The summed E-state index contributed by atoms with van der Waals surface area (Å²) < 4.78 is 14.0. The maximum atomic E-state index is 14.0. The minimum absolute atomic E-state index is 0.129. The van der Waals surface area contributed by atoms with Crippen molar-refractivity contribution in [2.75, 3.05) is 13.1 Å². The lowest BCUT2D eigenvalue weighted by molar-refractivity contribution is 0.0559. The SMILES string of the molecule is O=C(c1ccc(Cl)cc1F)N1CCCCC1C1CCCN1. The van der Waals surface area contributed by atoms with E-state index in [1.165, 1.54) is 12.1 Å². The summed E-state index contributed by atoms with van der Waals surface area (Å²) in [4.78, 5) is 14.6. The lowest BCUT2D eigenvalue weighted by Crippen LogP contribution is -2.52. The average molecular weight is 311 g/mol. The number of hydrogen-bond donors (Lipinski definition) is 1. The third-order valence-corrected chi connectivity index (χ3v) is 4.77. The van der Waals surface area contributed by atoms with Crippen molar-refractivity contribution in [3.63, 3.8) is 0 Å². The van der Waals surface area contributed by atoms with Gasteiger partial charge in [-0.05, 0) is 56.8 Å². The van der Waals surface area contributed by atoms with Gasteiger partial charge >= 0.3 is 0 Å². The van der Waals surface area contributed by atoms with Gasteiger partial charge < -0.3 is 10.2 Å². The molecule has 2 aliphatic rings. The fourth-order valence-corrected chi connectivity index (χ4v) is 3.64. The first kappa shape index (κ1) is 14.8. The van der Waals surface area contributed by atoms with Crippen LogP contribution in [-0.2, 0) is 0 Å². The minimum atomic E-state index is -0.531. The molecule has 2 saturated heterocycles. The number of benzene rings is 1. The lowest BCUT2D eigenvalue weighted by atomic mass is 9.93. The van der Waals surface area contributed by atoms with E-state index in [4.69, 9.17) is 11.6 Å². The number of nitrogens with zero attached hydrogens (tertiary/aromatic N) is 1. The highest BCUT2D eigenvalue weighted by atomic mass is 35.5. The van der Waals surface area contributed by atoms with Crippen LogP contribution in [0.4, 0.5) is 4.39 Å². The Bertz CT molecular complexity index is 531. The van der Waals surface area contributed by atoms with Crippen molar-refractivity contribution in [2.45, 2.75) is 44.2 Å². The highest BCUT2D eigenvalue weighted by Crippen LogP contribution is 2.27. The van der Waals surface area contributed by atoms with Crippen molar-refractivity contribution in [3.8, 4) is 0 Å². The molecule has 2 fully saturated rings. The fourth-order valence-electron chi connectivity index (χ4n) is 3.49. The summed E-state index contributed by atoms with van der Waals surface area (Å²) in [5, 5.41) is 3.79. The molecule has 114 valence electrons. The first-order valence-corrected chi connectivity index (χ1v) is 8.04. The number of carbonyl (C=O) groups excluding carboxylic acids is 1. The Balaban J connectivity index is 1.83. The van der Waals surface area contributed by atoms with Crippen LogP contribution in [0, 0.1) is 5.82 Å². The van der Waals surface area contributed by atoms with Gasteiger partial charge in [-0.15, -0.1) is 0 Å². The van der Waals surface area contributed by atoms with Gasteiger partial charge in [-0.3, -0.25) is 4.79 Å². The smallest absolute Gasteiger partial charge is 0.257 e. The molecule has 0 saturated carbocycles. The quantitative estimate of drug-likeness (QED) is 0.909. The summed E-state index contributed by atoms with van der Waals surface area (Å²) in [7, 11) is 0. The standard InChI is InChI=1S/C16H20ClFN2O/c17-11-6-7-12(13(18)10-11)16(21)20-9-2-1-5-15(20)14-4-3-8-19-14/h6-7,10,14-15,19H,1-5,8-9H2. The summed E-state index contributed by atoms with van der Waals surface area (Å²) in [6, 6.07) is 4.81. The van der Waals surface area contributed by atoms with E-state index in [1.54, 1.807) is 6.07 Å². The Morgan fingerprint density at radius 2 is 2.14 bits per heavy atom. The van der Waals surface area contributed by atoms with Crippen LogP contribution < -0.4 is 5.32 Å². The van der Waals surface area contributed by atoms with Gasteiger partial charge in [-0.2, -0.15) is 0 Å². The maximum absolute atomic E-state index is 14.0. The van der Waals surface area contributed by atoms with Crippen molar-refractivity contribution in [3.05, 3.63) is 34.6 Å². The molecule has 2 heterocycles. The van der Waals surface area contributed by atoms with Crippen molar-refractivity contribution < 1.29 is 9.18 Å². The normalized spacial score (nSPS) is 26.1. The van der Waals surface area contributed by atoms with E-state index < -0.39 is 5.82 Å². The third-order valence-electron chi connectivity index (χ3n) is 4.53. The molecule has 1 aromatic carbocycles. The number of likely N-dealkylation sites (tertiary alicyclic amines) is 1. The molecule has 1 N–H and O–H groups in total. The molecule has 2 aliphatic heterocycles. The van der Waals surface area contributed by atoms with Gasteiger partial charge in [-0.1, -0.05) is 11.6 Å². The zero-order chi connectivity index (χ0) is 14.8. The second-order valence-electron chi connectivity index (χ2n) is 5.89.